The van der Waals surface area contributed by atoms with Gasteiger partial charge in [-0.1, -0.05) is 13.3 Å². The lowest BCUT2D eigenvalue weighted by atomic mass is 9.95. The molecule has 106 valence electrons. The Morgan fingerprint density at radius 1 is 1.26 bits per heavy atom. The second-order valence-electron chi connectivity index (χ2n) is 5.04. The second-order valence-corrected chi connectivity index (χ2v) is 7.27. The molecular weight excluding hydrogens is 265 g/mol. The van der Waals surface area contributed by atoms with Gasteiger partial charge in [0.15, 0.2) is 9.84 Å². The van der Waals surface area contributed by atoms with E-state index in [0.29, 0.717) is 12.8 Å². The van der Waals surface area contributed by atoms with E-state index >= 15 is 0 Å². The summed E-state index contributed by atoms with van der Waals surface area (Å²) in [4.78, 5) is 0.232. The third-order valence-corrected chi connectivity index (χ3v) is 5.93. The monoisotopic (exact) mass is 285 g/mol. The molecular formula is C14H20FNO2S. The van der Waals surface area contributed by atoms with Gasteiger partial charge < -0.3 is 5.32 Å². The summed E-state index contributed by atoms with van der Waals surface area (Å²) in [7, 11) is -3.34. The van der Waals surface area contributed by atoms with E-state index in [1.54, 1.807) is 0 Å². The number of benzene rings is 1. The first-order valence-electron chi connectivity index (χ1n) is 6.77. The lowest BCUT2D eigenvalue weighted by Gasteiger charge is -2.29. The Hall–Kier alpha value is -0.940. The molecule has 0 amide bonds. The van der Waals surface area contributed by atoms with E-state index in [0.717, 1.165) is 19.4 Å². The average molecular weight is 285 g/mol. The maximum absolute atomic E-state index is 12.9. The van der Waals surface area contributed by atoms with Crippen LogP contribution in [0.4, 0.5) is 4.39 Å². The van der Waals surface area contributed by atoms with Crippen molar-refractivity contribution in [1.29, 1.82) is 0 Å². The molecule has 3 nitrogen and oxygen atoms in total. The SMILES string of the molecule is CCNC1CCCC(S(=O)(=O)c2ccc(F)cc2)C1. The Morgan fingerprint density at radius 3 is 2.58 bits per heavy atom. The Labute approximate surface area is 114 Å². The molecule has 0 heterocycles. The fourth-order valence-corrected chi connectivity index (χ4v) is 4.58. The largest absolute Gasteiger partial charge is 0.314 e. The maximum atomic E-state index is 12.9. The summed E-state index contributed by atoms with van der Waals surface area (Å²) < 4.78 is 37.9. The second kappa shape index (κ2) is 6.01. The van der Waals surface area contributed by atoms with Gasteiger partial charge >= 0.3 is 0 Å². The Bertz CT molecular complexity index is 511. The zero-order valence-corrected chi connectivity index (χ0v) is 11.9. The fourth-order valence-electron chi connectivity index (χ4n) is 2.72. The van der Waals surface area contributed by atoms with Gasteiger partial charge in [0.1, 0.15) is 5.82 Å². The van der Waals surface area contributed by atoms with Crippen LogP contribution in [0, 0.1) is 5.82 Å². The lowest BCUT2D eigenvalue weighted by molar-refractivity contribution is 0.377. The Balaban J connectivity index is 2.17. The maximum Gasteiger partial charge on any atom is 0.181 e. The Kier molecular flexibility index (Phi) is 4.58. The summed E-state index contributed by atoms with van der Waals surface area (Å²) in [6.45, 7) is 2.88. The minimum atomic E-state index is -3.34. The predicted molar refractivity (Wildman–Crippen MR) is 73.3 cm³/mol. The van der Waals surface area contributed by atoms with Crippen molar-refractivity contribution in [3.63, 3.8) is 0 Å². The zero-order valence-electron chi connectivity index (χ0n) is 11.1. The first-order chi connectivity index (χ1) is 9.04. The quantitative estimate of drug-likeness (QED) is 0.865. The van der Waals surface area contributed by atoms with E-state index < -0.39 is 15.7 Å². The van der Waals surface area contributed by atoms with Crippen molar-refractivity contribution in [2.75, 3.05) is 6.54 Å². The summed E-state index contributed by atoms with van der Waals surface area (Å²) >= 11 is 0. The van der Waals surface area contributed by atoms with Crippen LogP contribution in [0.25, 0.3) is 0 Å². The standard InChI is InChI=1S/C14H20FNO2S/c1-2-16-12-4-3-5-14(10-12)19(17,18)13-8-6-11(15)7-9-13/h6-9,12,14,16H,2-5,10H2,1H3. The van der Waals surface area contributed by atoms with E-state index in [9.17, 15) is 12.8 Å². The molecule has 1 fully saturated rings. The van der Waals surface area contributed by atoms with Crippen LogP contribution < -0.4 is 5.32 Å². The molecule has 0 spiro atoms. The normalized spacial score (nSPS) is 24.3. The van der Waals surface area contributed by atoms with Gasteiger partial charge in [-0.15, -0.1) is 0 Å². The Morgan fingerprint density at radius 2 is 1.95 bits per heavy atom. The third-order valence-electron chi connectivity index (χ3n) is 3.70. The van der Waals surface area contributed by atoms with Crippen molar-refractivity contribution in [3.05, 3.63) is 30.1 Å². The van der Waals surface area contributed by atoms with Gasteiger partial charge in [0, 0.05) is 6.04 Å². The van der Waals surface area contributed by atoms with Crippen LogP contribution >= 0.6 is 0 Å². The van der Waals surface area contributed by atoms with Crippen LogP contribution in [-0.2, 0) is 9.84 Å². The molecule has 0 radical (unpaired) electrons. The smallest absolute Gasteiger partial charge is 0.181 e. The molecule has 0 aliphatic heterocycles. The van der Waals surface area contributed by atoms with Crippen LogP contribution in [0.2, 0.25) is 0 Å². The molecule has 0 aromatic heterocycles. The molecule has 2 atom stereocenters. The van der Waals surface area contributed by atoms with Gasteiger partial charge in [0.05, 0.1) is 10.1 Å². The van der Waals surface area contributed by atoms with Crippen LogP contribution in [0.1, 0.15) is 32.6 Å². The van der Waals surface area contributed by atoms with E-state index in [4.69, 9.17) is 0 Å². The van der Waals surface area contributed by atoms with Gasteiger partial charge in [-0.3, -0.25) is 0 Å². The van der Waals surface area contributed by atoms with Gasteiger partial charge in [0.25, 0.3) is 0 Å². The first kappa shape index (κ1) is 14.5. The van der Waals surface area contributed by atoms with Gasteiger partial charge in [-0.05, 0) is 50.1 Å². The summed E-state index contributed by atoms with van der Waals surface area (Å²) in [5, 5.41) is 2.97. The van der Waals surface area contributed by atoms with Crippen molar-refractivity contribution >= 4 is 9.84 Å². The van der Waals surface area contributed by atoms with Crippen LogP contribution in [-0.4, -0.2) is 26.3 Å². The summed E-state index contributed by atoms with van der Waals surface area (Å²) in [6, 6.07) is 5.41. The molecule has 1 aliphatic carbocycles. The molecule has 1 aliphatic rings. The topological polar surface area (TPSA) is 46.2 Å². The number of hydrogen-bond donors (Lipinski definition) is 1. The highest BCUT2D eigenvalue weighted by Gasteiger charge is 2.32. The average Bonchev–Trinajstić information content (AvgIpc) is 2.40. The van der Waals surface area contributed by atoms with Crippen LogP contribution in [0.5, 0.6) is 0 Å². The van der Waals surface area contributed by atoms with Gasteiger partial charge in [0.2, 0.25) is 0 Å². The highest BCUT2D eigenvalue weighted by atomic mass is 32.2. The predicted octanol–water partition coefficient (Wildman–Crippen LogP) is 2.52. The highest BCUT2D eigenvalue weighted by Crippen LogP contribution is 2.28. The molecule has 0 saturated heterocycles. The molecule has 1 saturated carbocycles. The summed E-state index contributed by atoms with van der Waals surface area (Å²) in [5.74, 6) is -0.409. The van der Waals surface area contributed by atoms with Crippen molar-refractivity contribution < 1.29 is 12.8 Å². The number of halogens is 1. The number of nitrogens with one attached hydrogen (secondary N) is 1. The van der Waals surface area contributed by atoms with Crippen LogP contribution in [0.3, 0.4) is 0 Å². The van der Waals surface area contributed by atoms with E-state index in [1.807, 2.05) is 6.92 Å². The number of sulfone groups is 1. The summed E-state index contributed by atoms with van der Waals surface area (Å²) in [5.41, 5.74) is 0. The van der Waals surface area contributed by atoms with Crippen molar-refractivity contribution in [1.82, 2.24) is 5.32 Å². The van der Waals surface area contributed by atoms with E-state index in [2.05, 4.69) is 5.32 Å². The molecule has 5 heteroatoms. The summed E-state index contributed by atoms with van der Waals surface area (Å²) in [6.07, 6.45) is 3.29. The number of rotatable bonds is 4. The molecule has 1 aromatic rings. The van der Waals surface area contributed by atoms with Crippen molar-refractivity contribution in [3.8, 4) is 0 Å². The molecule has 19 heavy (non-hydrogen) atoms. The van der Waals surface area contributed by atoms with E-state index in [-0.39, 0.29) is 16.2 Å². The highest BCUT2D eigenvalue weighted by molar-refractivity contribution is 7.92. The third kappa shape index (κ3) is 3.34. The molecule has 0 bridgehead atoms. The molecule has 1 aromatic carbocycles. The van der Waals surface area contributed by atoms with Crippen LogP contribution in [0.15, 0.2) is 29.2 Å². The molecule has 1 N–H and O–H groups in total. The van der Waals surface area contributed by atoms with Gasteiger partial charge in [-0.2, -0.15) is 0 Å². The molecule has 2 unspecified atom stereocenters. The number of hydrogen-bond acceptors (Lipinski definition) is 3. The van der Waals surface area contributed by atoms with Gasteiger partial charge in [-0.25, -0.2) is 12.8 Å². The minimum absolute atomic E-state index is 0.232. The lowest BCUT2D eigenvalue weighted by Crippen LogP contribution is -2.38. The fraction of sp³-hybridized carbons (Fsp3) is 0.571. The van der Waals surface area contributed by atoms with E-state index in [1.165, 1.54) is 24.3 Å². The zero-order chi connectivity index (χ0) is 13.9. The van der Waals surface area contributed by atoms with Crippen molar-refractivity contribution in [2.45, 2.75) is 48.8 Å². The van der Waals surface area contributed by atoms with Crippen molar-refractivity contribution in [2.24, 2.45) is 0 Å². The molecule has 2 rings (SSSR count). The minimum Gasteiger partial charge on any atom is -0.314 e. The first-order valence-corrected chi connectivity index (χ1v) is 8.31.